The van der Waals surface area contributed by atoms with Gasteiger partial charge in [0.1, 0.15) is 11.4 Å². The molecule has 0 fully saturated rings. The van der Waals surface area contributed by atoms with Crippen molar-refractivity contribution in [2.24, 2.45) is 0 Å². The minimum absolute atomic E-state index is 0.254. The van der Waals surface area contributed by atoms with Crippen LogP contribution in [0.1, 0.15) is 23.0 Å². The van der Waals surface area contributed by atoms with E-state index in [4.69, 9.17) is 4.74 Å². The van der Waals surface area contributed by atoms with Crippen molar-refractivity contribution in [2.75, 3.05) is 17.2 Å². The zero-order valence-corrected chi connectivity index (χ0v) is 14.8. The molecule has 0 aliphatic carbocycles. The topological polar surface area (TPSA) is 63.2 Å². The average molecular weight is 347 g/mol. The molecule has 26 heavy (non-hydrogen) atoms. The maximum Gasteiger partial charge on any atom is 0.274 e. The molecule has 0 saturated heterocycles. The van der Waals surface area contributed by atoms with Gasteiger partial charge in [0.15, 0.2) is 0 Å². The van der Waals surface area contributed by atoms with Crippen molar-refractivity contribution in [3.8, 4) is 5.75 Å². The van der Waals surface area contributed by atoms with E-state index in [9.17, 15) is 4.79 Å². The SMILES string of the molecule is CCOc1ccc(NC(=O)c2ccc(Nc3ccc(C)cc3)cn2)cc1. The molecule has 0 bridgehead atoms. The minimum atomic E-state index is -0.254. The second kappa shape index (κ2) is 8.16. The van der Waals surface area contributed by atoms with E-state index in [0.29, 0.717) is 18.0 Å². The number of carbonyl (C=O) groups is 1. The van der Waals surface area contributed by atoms with Gasteiger partial charge >= 0.3 is 0 Å². The molecule has 1 heterocycles. The van der Waals surface area contributed by atoms with Gasteiger partial charge in [-0.3, -0.25) is 4.79 Å². The van der Waals surface area contributed by atoms with Gasteiger partial charge in [0.05, 0.1) is 18.5 Å². The smallest absolute Gasteiger partial charge is 0.274 e. The Bertz CT molecular complexity index is 857. The molecule has 2 N–H and O–H groups in total. The van der Waals surface area contributed by atoms with E-state index in [1.807, 2.05) is 56.3 Å². The van der Waals surface area contributed by atoms with Gasteiger partial charge in [0.25, 0.3) is 5.91 Å². The number of ether oxygens (including phenoxy) is 1. The number of nitrogens with one attached hydrogen (secondary N) is 2. The lowest BCUT2D eigenvalue weighted by Crippen LogP contribution is -2.13. The number of hydrogen-bond donors (Lipinski definition) is 2. The van der Waals surface area contributed by atoms with Gasteiger partial charge in [0.2, 0.25) is 0 Å². The van der Waals surface area contributed by atoms with Crippen LogP contribution in [0.4, 0.5) is 17.1 Å². The third kappa shape index (κ3) is 4.60. The van der Waals surface area contributed by atoms with Gasteiger partial charge < -0.3 is 15.4 Å². The van der Waals surface area contributed by atoms with E-state index in [-0.39, 0.29) is 5.91 Å². The number of rotatable bonds is 6. The Labute approximate surface area is 153 Å². The summed E-state index contributed by atoms with van der Waals surface area (Å²) in [4.78, 5) is 16.5. The van der Waals surface area contributed by atoms with Crippen molar-refractivity contribution in [3.05, 3.63) is 78.1 Å². The normalized spacial score (nSPS) is 10.2. The number of aromatic nitrogens is 1. The molecule has 0 aliphatic rings. The molecule has 5 nitrogen and oxygen atoms in total. The molecule has 1 amide bonds. The molecule has 0 saturated carbocycles. The van der Waals surface area contributed by atoms with Crippen molar-refractivity contribution >= 4 is 23.0 Å². The fourth-order valence-electron chi connectivity index (χ4n) is 2.40. The number of benzene rings is 2. The number of nitrogens with zero attached hydrogens (tertiary/aromatic N) is 1. The Hall–Kier alpha value is -3.34. The summed E-state index contributed by atoms with van der Waals surface area (Å²) < 4.78 is 5.39. The summed E-state index contributed by atoms with van der Waals surface area (Å²) in [6, 6.07) is 18.8. The quantitative estimate of drug-likeness (QED) is 0.673. The molecule has 5 heteroatoms. The first kappa shape index (κ1) is 17.5. The van der Waals surface area contributed by atoms with Crippen LogP contribution < -0.4 is 15.4 Å². The standard InChI is InChI=1S/C21H21N3O2/c1-3-26-19-11-8-17(9-12-19)24-21(25)20-13-10-18(14-22-20)23-16-6-4-15(2)5-7-16/h4-14,23H,3H2,1-2H3,(H,24,25). The van der Waals surface area contributed by atoms with E-state index in [1.165, 1.54) is 5.56 Å². The largest absolute Gasteiger partial charge is 0.494 e. The van der Waals surface area contributed by atoms with Crippen LogP contribution in [0.2, 0.25) is 0 Å². The fourth-order valence-corrected chi connectivity index (χ4v) is 2.40. The van der Waals surface area contributed by atoms with Gasteiger partial charge in [0, 0.05) is 11.4 Å². The first-order valence-electron chi connectivity index (χ1n) is 8.48. The number of anilines is 3. The van der Waals surface area contributed by atoms with Gasteiger partial charge in [-0.05, 0) is 62.4 Å². The van der Waals surface area contributed by atoms with E-state index in [1.54, 1.807) is 24.4 Å². The van der Waals surface area contributed by atoms with Crippen LogP contribution in [0.15, 0.2) is 66.9 Å². The molecule has 1 aromatic heterocycles. The van der Waals surface area contributed by atoms with Crippen LogP contribution >= 0.6 is 0 Å². The summed E-state index contributed by atoms with van der Waals surface area (Å²) >= 11 is 0. The lowest BCUT2D eigenvalue weighted by atomic mass is 10.2. The molecule has 0 spiro atoms. The maximum absolute atomic E-state index is 12.3. The van der Waals surface area contributed by atoms with E-state index >= 15 is 0 Å². The molecule has 0 atom stereocenters. The van der Waals surface area contributed by atoms with Crippen LogP contribution in [-0.2, 0) is 0 Å². The number of aryl methyl sites for hydroxylation is 1. The number of hydrogen-bond acceptors (Lipinski definition) is 4. The summed E-state index contributed by atoms with van der Waals surface area (Å²) in [5.41, 5.74) is 4.06. The lowest BCUT2D eigenvalue weighted by Gasteiger charge is -2.09. The van der Waals surface area contributed by atoms with Crippen molar-refractivity contribution in [3.63, 3.8) is 0 Å². The number of amides is 1. The van der Waals surface area contributed by atoms with Crippen molar-refractivity contribution in [1.82, 2.24) is 4.98 Å². The Kier molecular flexibility index (Phi) is 5.49. The monoisotopic (exact) mass is 347 g/mol. The summed E-state index contributed by atoms with van der Waals surface area (Å²) in [5.74, 6) is 0.520. The Balaban J connectivity index is 1.62. The average Bonchev–Trinajstić information content (AvgIpc) is 2.66. The molecule has 2 aromatic carbocycles. The van der Waals surface area contributed by atoms with Gasteiger partial charge in [-0.15, -0.1) is 0 Å². The molecular formula is C21H21N3O2. The lowest BCUT2D eigenvalue weighted by molar-refractivity contribution is 0.102. The van der Waals surface area contributed by atoms with Gasteiger partial charge in [-0.1, -0.05) is 17.7 Å². The van der Waals surface area contributed by atoms with E-state index in [0.717, 1.165) is 17.1 Å². The minimum Gasteiger partial charge on any atom is -0.494 e. The summed E-state index contributed by atoms with van der Waals surface area (Å²) in [7, 11) is 0. The van der Waals surface area contributed by atoms with Crippen LogP contribution in [0, 0.1) is 6.92 Å². The molecule has 0 unspecified atom stereocenters. The summed E-state index contributed by atoms with van der Waals surface area (Å²) in [5, 5.41) is 6.08. The van der Waals surface area contributed by atoms with E-state index < -0.39 is 0 Å². The van der Waals surface area contributed by atoms with Gasteiger partial charge in [-0.2, -0.15) is 0 Å². The van der Waals surface area contributed by atoms with E-state index in [2.05, 4.69) is 15.6 Å². The fraction of sp³-hybridized carbons (Fsp3) is 0.143. The van der Waals surface area contributed by atoms with Crippen LogP contribution in [0.5, 0.6) is 5.75 Å². The van der Waals surface area contributed by atoms with Gasteiger partial charge in [-0.25, -0.2) is 4.98 Å². The third-order valence-electron chi connectivity index (χ3n) is 3.76. The molecular weight excluding hydrogens is 326 g/mol. The molecule has 3 aromatic rings. The highest BCUT2D eigenvalue weighted by molar-refractivity contribution is 6.03. The van der Waals surface area contributed by atoms with Crippen molar-refractivity contribution in [1.29, 1.82) is 0 Å². The Morgan fingerprint density at radius 1 is 0.923 bits per heavy atom. The third-order valence-corrected chi connectivity index (χ3v) is 3.76. The molecule has 0 aliphatic heterocycles. The highest BCUT2D eigenvalue weighted by atomic mass is 16.5. The second-order valence-electron chi connectivity index (χ2n) is 5.83. The van der Waals surface area contributed by atoms with Crippen LogP contribution in [0.25, 0.3) is 0 Å². The Morgan fingerprint density at radius 3 is 2.19 bits per heavy atom. The molecule has 132 valence electrons. The summed E-state index contributed by atoms with van der Waals surface area (Å²) in [6.45, 7) is 4.58. The predicted molar refractivity (Wildman–Crippen MR) is 104 cm³/mol. The predicted octanol–water partition coefficient (Wildman–Crippen LogP) is 4.78. The number of pyridine rings is 1. The maximum atomic E-state index is 12.3. The van der Waals surface area contributed by atoms with Crippen LogP contribution in [0.3, 0.4) is 0 Å². The zero-order chi connectivity index (χ0) is 18.4. The highest BCUT2D eigenvalue weighted by Crippen LogP contribution is 2.18. The first-order chi connectivity index (χ1) is 12.6. The summed E-state index contributed by atoms with van der Waals surface area (Å²) in [6.07, 6.45) is 1.65. The number of carbonyl (C=O) groups excluding carboxylic acids is 1. The van der Waals surface area contributed by atoms with Crippen molar-refractivity contribution < 1.29 is 9.53 Å². The van der Waals surface area contributed by atoms with Crippen LogP contribution in [-0.4, -0.2) is 17.5 Å². The second-order valence-corrected chi connectivity index (χ2v) is 5.83. The zero-order valence-electron chi connectivity index (χ0n) is 14.8. The van der Waals surface area contributed by atoms with Crippen molar-refractivity contribution in [2.45, 2.75) is 13.8 Å². The highest BCUT2D eigenvalue weighted by Gasteiger charge is 2.08. The molecule has 3 rings (SSSR count). The first-order valence-corrected chi connectivity index (χ1v) is 8.48. The Morgan fingerprint density at radius 2 is 1.58 bits per heavy atom. The molecule has 0 radical (unpaired) electrons.